The van der Waals surface area contributed by atoms with Crippen LogP contribution in [0.15, 0.2) is 279 Å². The largest absolute Gasteiger partial charge is 0.309 e. The molecule has 10 nitrogen and oxygen atoms in total. The number of aromatic nitrogens is 9. The van der Waals surface area contributed by atoms with Crippen LogP contribution < -0.4 is 0 Å². The molecule has 20 rings (SSSR count). The highest BCUT2D eigenvalue weighted by atomic mass is 15.1. The van der Waals surface area contributed by atoms with Crippen molar-refractivity contribution in [1.29, 1.82) is 5.26 Å². The topological polar surface area (TPSA) is 92.0 Å². The lowest BCUT2D eigenvalue weighted by molar-refractivity contribution is 0.927. The molecule has 0 aliphatic carbocycles. The molecule has 438 valence electrons. The van der Waals surface area contributed by atoms with Gasteiger partial charge in [-0.15, -0.1) is 0 Å². The second-order valence-corrected chi connectivity index (χ2v) is 24.7. The lowest BCUT2D eigenvalue weighted by atomic mass is 10.0. The number of nitrogens with zero attached hydrogens (tertiary/aromatic N) is 10. The van der Waals surface area contributed by atoms with Gasteiger partial charge in [0.1, 0.15) is 23.3 Å². The number of benzene rings is 13. The number of hydrogen-bond acceptors (Lipinski definition) is 4. The average Bonchev–Trinajstić information content (AvgIpc) is 1.55. The van der Waals surface area contributed by atoms with Gasteiger partial charge in [0.15, 0.2) is 5.82 Å². The second-order valence-electron chi connectivity index (χ2n) is 24.7. The van der Waals surface area contributed by atoms with E-state index in [2.05, 4.69) is 313 Å². The molecule has 13 aromatic carbocycles. The third-order valence-electron chi connectivity index (χ3n) is 19.6. The van der Waals surface area contributed by atoms with E-state index < -0.39 is 0 Å². The fourth-order valence-corrected chi connectivity index (χ4v) is 15.8. The molecule has 0 N–H and O–H groups in total. The van der Waals surface area contributed by atoms with Crippen molar-refractivity contribution >= 4 is 131 Å². The van der Waals surface area contributed by atoms with E-state index in [1.807, 2.05) is 13.8 Å². The highest BCUT2D eigenvalue weighted by Crippen LogP contribution is 2.45. The van der Waals surface area contributed by atoms with Gasteiger partial charge in [0.05, 0.1) is 77.6 Å². The Balaban J connectivity index is 0.943. The van der Waals surface area contributed by atoms with Crippen molar-refractivity contribution in [1.82, 2.24) is 42.4 Å². The summed E-state index contributed by atoms with van der Waals surface area (Å²) in [5.74, 6) is 1.70. The first-order valence-corrected chi connectivity index (χ1v) is 31.8. The summed E-state index contributed by atoms with van der Waals surface area (Å²) in [6, 6.07) is 104. The lowest BCUT2D eigenvalue weighted by Crippen LogP contribution is -2.07. The Morgan fingerprint density at radius 1 is 0.245 bits per heavy atom. The van der Waals surface area contributed by atoms with Crippen molar-refractivity contribution in [3.8, 4) is 51.6 Å². The molecule has 0 aliphatic rings. The molecule has 0 atom stereocenters. The van der Waals surface area contributed by atoms with Crippen LogP contribution in [0.25, 0.3) is 176 Å². The van der Waals surface area contributed by atoms with E-state index in [1.54, 1.807) is 0 Å². The minimum Gasteiger partial charge on any atom is -0.309 e. The maximum absolute atomic E-state index is 12.7. The molecule has 0 bridgehead atoms. The quantitative estimate of drug-likeness (QED) is 0.159. The van der Waals surface area contributed by atoms with Crippen molar-refractivity contribution in [3.63, 3.8) is 0 Å². The Morgan fingerprint density at radius 3 is 0.702 bits per heavy atom. The first-order valence-electron chi connectivity index (χ1n) is 31.8. The summed E-state index contributed by atoms with van der Waals surface area (Å²) in [6.07, 6.45) is 0. The Bertz CT molecular complexity index is 5780. The van der Waals surface area contributed by atoms with Gasteiger partial charge in [-0.25, -0.2) is 15.0 Å². The van der Waals surface area contributed by atoms with Crippen molar-refractivity contribution in [3.05, 3.63) is 296 Å². The standard InChI is InChI=1S/C84H52N10/c1-50-86-51(2)88-84(87-50)52-43-78(93-80-45-53(89-70-27-11-3-19-57(70)58-20-4-12-28-71(58)89)35-39-65(80)66-40-36-54(46-81(66)93)90-72-29-13-5-21-59(72)60-22-6-14-30-73(60)90)69(49-85)79(44-52)94-82-47-55(91-74-31-15-7-23-61(74)62-24-8-16-32-75(62)91)37-41-67(82)68-42-38-56(48-83(68)94)92-76-33-17-9-25-63(76)64-26-10-18-34-77(64)92/h3-48H,1-2H3. The molecule has 0 unspecified atom stereocenters. The Kier molecular flexibility index (Phi) is 10.8. The third-order valence-corrected chi connectivity index (χ3v) is 19.6. The maximum atomic E-state index is 12.7. The van der Waals surface area contributed by atoms with Crippen molar-refractivity contribution in [2.45, 2.75) is 13.8 Å². The Hall–Kier alpha value is -12.8. The molecule has 0 fully saturated rings. The summed E-state index contributed by atoms with van der Waals surface area (Å²) in [6.45, 7) is 3.84. The van der Waals surface area contributed by atoms with Crippen LogP contribution in [-0.2, 0) is 0 Å². The van der Waals surface area contributed by atoms with Crippen LogP contribution in [0.4, 0.5) is 0 Å². The summed E-state index contributed by atoms with van der Waals surface area (Å²) >= 11 is 0. The molecule has 0 saturated heterocycles. The van der Waals surface area contributed by atoms with Crippen LogP contribution in [0.1, 0.15) is 17.2 Å². The number of para-hydroxylation sites is 8. The zero-order chi connectivity index (χ0) is 62.0. The molecule has 20 aromatic rings. The summed E-state index contributed by atoms with van der Waals surface area (Å²) in [5.41, 5.74) is 19.1. The van der Waals surface area contributed by atoms with Gasteiger partial charge >= 0.3 is 0 Å². The Morgan fingerprint density at radius 2 is 0.468 bits per heavy atom. The van der Waals surface area contributed by atoms with E-state index in [4.69, 9.17) is 15.0 Å². The van der Waals surface area contributed by atoms with Crippen LogP contribution in [0.2, 0.25) is 0 Å². The van der Waals surface area contributed by atoms with Gasteiger partial charge in [0.25, 0.3) is 0 Å². The summed E-state index contributed by atoms with van der Waals surface area (Å²) in [5, 5.41) is 26.2. The first kappa shape index (κ1) is 52.0. The molecule has 0 saturated carbocycles. The number of aryl methyl sites for hydroxylation is 2. The van der Waals surface area contributed by atoms with Gasteiger partial charge in [-0.05, 0) is 123 Å². The molecule has 0 aliphatic heterocycles. The van der Waals surface area contributed by atoms with Gasteiger partial charge in [-0.2, -0.15) is 5.26 Å². The highest BCUT2D eigenvalue weighted by Gasteiger charge is 2.27. The fourth-order valence-electron chi connectivity index (χ4n) is 15.8. The molecule has 0 amide bonds. The van der Waals surface area contributed by atoms with E-state index in [1.165, 1.54) is 43.1 Å². The van der Waals surface area contributed by atoms with E-state index in [9.17, 15) is 5.26 Å². The fraction of sp³-hybridized carbons (Fsp3) is 0.0238. The molecule has 7 aromatic heterocycles. The number of hydrogen-bond donors (Lipinski definition) is 0. The van der Waals surface area contributed by atoms with Gasteiger partial charge in [0, 0.05) is 92.9 Å². The van der Waals surface area contributed by atoms with Crippen molar-refractivity contribution in [2.75, 3.05) is 0 Å². The molecule has 0 radical (unpaired) electrons. The predicted molar refractivity (Wildman–Crippen MR) is 385 cm³/mol. The highest BCUT2D eigenvalue weighted by molar-refractivity contribution is 6.17. The van der Waals surface area contributed by atoms with Crippen LogP contribution in [-0.4, -0.2) is 42.4 Å². The first-order chi connectivity index (χ1) is 46.4. The van der Waals surface area contributed by atoms with Crippen LogP contribution in [0, 0.1) is 25.2 Å². The summed E-state index contributed by atoms with van der Waals surface area (Å²) in [7, 11) is 0. The van der Waals surface area contributed by atoms with Crippen LogP contribution >= 0.6 is 0 Å². The minimum atomic E-state index is 0.470. The Labute approximate surface area is 537 Å². The van der Waals surface area contributed by atoms with Crippen molar-refractivity contribution < 1.29 is 0 Å². The van der Waals surface area contributed by atoms with Gasteiger partial charge in [-0.3, -0.25) is 0 Å². The average molecular weight is 1200 g/mol. The number of nitriles is 1. The van der Waals surface area contributed by atoms with Crippen LogP contribution in [0.5, 0.6) is 0 Å². The normalized spacial score (nSPS) is 12.1. The van der Waals surface area contributed by atoms with Gasteiger partial charge in [-0.1, -0.05) is 170 Å². The second kappa shape index (κ2) is 19.6. The molecular formula is C84H52N10. The molecule has 7 heterocycles. The van der Waals surface area contributed by atoms with E-state index in [0.29, 0.717) is 34.4 Å². The van der Waals surface area contributed by atoms with Gasteiger partial charge < -0.3 is 27.4 Å². The molecule has 10 heteroatoms. The van der Waals surface area contributed by atoms with Crippen LogP contribution in [0.3, 0.4) is 0 Å². The SMILES string of the molecule is Cc1nc(C)nc(-c2cc(-n3c4cc(-n5c6ccccc6c6ccccc65)ccc4c4ccc(-n5c6ccccc6c6ccccc65)cc43)c(C#N)c(-n3c4cc(-n5c6ccccc6c6ccccc65)ccc4c4ccc(-n5c6ccccc6c6ccccc65)cc43)c2)n1. The van der Waals surface area contributed by atoms with E-state index in [-0.39, 0.29) is 0 Å². The monoisotopic (exact) mass is 1200 g/mol. The third kappa shape index (κ3) is 7.31. The van der Waals surface area contributed by atoms with Crippen molar-refractivity contribution in [2.24, 2.45) is 0 Å². The molecular weight excluding hydrogens is 1150 g/mol. The predicted octanol–water partition coefficient (Wildman–Crippen LogP) is 20.6. The van der Waals surface area contributed by atoms with E-state index >= 15 is 0 Å². The summed E-state index contributed by atoms with van der Waals surface area (Å²) < 4.78 is 14.2. The maximum Gasteiger partial charge on any atom is 0.163 e. The smallest absolute Gasteiger partial charge is 0.163 e. The summed E-state index contributed by atoms with van der Waals surface area (Å²) in [4.78, 5) is 15.0. The van der Waals surface area contributed by atoms with E-state index in [0.717, 1.165) is 116 Å². The van der Waals surface area contributed by atoms with Gasteiger partial charge in [0.2, 0.25) is 0 Å². The number of fused-ring (bicyclic) bond motifs is 18. The minimum absolute atomic E-state index is 0.470. The zero-order valence-corrected chi connectivity index (χ0v) is 51.0. The lowest BCUT2D eigenvalue weighted by Gasteiger charge is -2.19. The molecule has 0 spiro atoms. The zero-order valence-electron chi connectivity index (χ0n) is 51.0. The molecule has 94 heavy (non-hydrogen) atoms. The number of rotatable bonds is 7.